The van der Waals surface area contributed by atoms with Gasteiger partial charge in [-0.15, -0.1) is 0 Å². The molecule has 0 unspecified atom stereocenters. The predicted octanol–water partition coefficient (Wildman–Crippen LogP) is 10.2. The molecule has 0 saturated heterocycles. The van der Waals surface area contributed by atoms with E-state index >= 15 is 19.2 Å². The van der Waals surface area contributed by atoms with E-state index in [0.717, 1.165) is 24.3 Å². The van der Waals surface area contributed by atoms with Crippen LogP contribution in [-0.2, 0) is 153 Å². The van der Waals surface area contributed by atoms with Crippen molar-refractivity contribution in [3.8, 4) is 0 Å². The molecule has 2 aliphatic rings. The Kier molecular flexibility index (Phi) is 38.1. The molecule has 2 aliphatic heterocycles. The van der Waals surface area contributed by atoms with E-state index in [9.17, 15) is 76.7 Å². The van der Waals surface area contributed by atoms with Gasteiger partial charge in [0.1, 0.15) is 91.4 Å². The monoisotopic (exact) mass is 1910 g/mol. The lowest BCUT2D eigenvalue weighted by atomic mass is 9.81. The zero-order chi connectivity index (χ0) is 98.3. The predicted molar refractivity (Wildman–Crippen MR) is 463 cm³/mol. The number of nitrogens with zero attached hydrogens (tertiary/aromatic N) is 2. The van der Waals surface area contributed by atoms with Crippen LogP contribution < -0.4 is 0 Å². The van der Waals surface area contributed by atoms with E-state index in [4.69, 9.17) is 122 Å². The Labute approximate surface area is 772 Å². The normalized spacial score (nSPS) is 12.0. The van der Waals surface area contributed by atoms with Crippen LogP contribution in [0.4, 0.5) is 0 Å². The number of halogens is 4. The first-order chi connectivity index (χ1) is 62.0. The van der Waals surface area contributed by atoms with Crippen molar-refractivity contribution in [2.45, 2.75) is 143 Å². The van der Waals surface area contributed by atoms with E-state index in [1.165, 1.54) is 55.4 Å². The Balaban J connectivity index is 1.24. The fourth-order valence-electron chi connectivity index (χ4n) is 12.2. The van der Waals surface area contributed by atoms with Crippen molar-refractivity contribution in [3.05, 3.63) is 164 Å². The van der Waals surface area contributed by atoms with Gasteiger partial charge in [-0.1, -0.05) is 99.0 Å². The zero-order valence-electron chi connectivity index (χ0n) is 72.7. The Morgan fingerprint density at radius 1 is 0.235 bits per heavy atom. The number of carbonyl (C=O) groups is 20. The quantitative estimate of drug-likeness (QED) is 0.00871. The van der Waals surface area contributed by atoms with Crippen molar-refractivity contribution in [1.82, 2.24) is 9.80 Å². The van der Waals surface area contributed by atoms with Crippen molar-refractivity contribution in [2.24, 2.45) is 0 Å². The molecule has 5 aromatic rings. The lowest BCUT2D eigenvalue weighted by Crippen LogP contribution is -2.51. The van der Waals surface area contributed by atoms with Gasteiger partial charge in [0, 0.05) is 108 Å². The summed E-state index contributed by atoms with van der Waals surface area (Å²) in [6.45, 7) is 29.2. The van der Waals surface area contributed by atoms with Crippen LogP contribution in [0.25, 0.3) is 43.1 Å². The van der Waals surface area contributed by atoms with E-state index < -0.39 is 286 Å². The van der Waals surface area contributed by atoms with Crippen molar-refractivity contribution in [3.63, 3.8) is 0 Å². The molecule has 5 aromatic carbocycles. The number of amides is 4. The van der Waals surface area contributed by atoms with Crippen LogP contribution in [0.15, 0.2) is 121 Å². The number of carbonyl (C=O) groups excluding carboxylic acids is 20. The number of imide groups is 2. The number of benzene rings is 5. The molecular weight excluding hydrogens is 1830 g/mol. The second kappa shape index (κ2) is 47.7. The molecule has 4 amide bonds. The highest BCUT2D eigenvalue weighted by molar-refractivity contribution is 6.56. The minimum Gasteiger partial charge on any atom is -0.463 e. The SMILES string of the molecule is C=C(C)C(=O)OCC(COC(=O)C(=C)C)OC(=O)CCC(=O)OCC(COC(=O)CCC(=O)OC(COC(=O)C(=C)C)COC(=O)C(=C)C)N1C(=O)c2cc(Cl)c3c4c(Cl)cc5c6c(cc(Cl)c(c7c(Cl)cc(c2c37)C1=O)c64)C(=O)N(C(COC(=O)CCC(=O)OC(COC(=O)C(=C)C)COC(=O)C(=C)C)COC(=O)CCC(=O)OC(COC(=O)C(=C)C)COC(=O)C(=C)C)C5=O. The first kappa shape index (κ1) is 105. The molecular formula is C90H90Cl4N2O36. The largest absolute Gasteiger partial charge is 0.463 e. The zero-order valence-corrected chi connectivity index (χ0v) is 75.7. The molecule has 0 aromatic heterocycles. The molecule has 0 radical (unpaired) electrons. The number of ether oxygens (including phenoxy) is 16. The van der Waals surface area contributed by atoms with Crippen LogP contribution in [0, 0.1) is 0 Å². The minimum absolute atomic E-state index is 0.0336. The third-order valence-corrected chi connectivity index (χ3v) is 19.9. The summed E-state index contributed by atoms with van der Waals surface area (Å²) in [5.41, 5.74) is -1.76. The second-order valence-corrected chi connectivity index (χ2v) is 31.7. The highest BCUT2D eigenvalue weighted by Crippen LogP contribution is 2.54. The number of hydrogen-bond acceptors (Lipinski definition) is 36. The average molecular weight is 1920 g/mol. The molecule has 2 heterocycles. The molecule has 704 valence electrons. The summed E-state index contributed by atoms with van der Waals surface area (Å²) >= 11 is 29.4. The molecule has 0 bridgehead atoms. The summed E-state index contributed by atoms with van der Waals surface area (Å²) in [4.78, 5) is 269. The molecule has 0 fully saturated rings. The Bertz CT molecular complexity index is 4910. The smallest absolute Gasteiger partial charge is 0.333 e. The van der Waals surface area contributed by atoms with Crippen molar-refractivity contribution >= 4 is 209 Å². The van der Waals surface area contributed by atoms with E-state index in [1.807, 2.05) is 0 Å². The van der Waals surface area contributed by atoms with Gasteiger partial charge in [0.25, 0.3) is 23.6 Å². The minimum atomic E-state index is -1.83. The fourth-order valence-corrected chi connectivity index (χ4v) is 13.4. The van der Waals surface area contributed by atoms with Crippen LogP contribution in [-0.4, -0.2) is 245 Å². The summed E-state index contributed by atoms with van der Waals surface area (Å²) in [6, 6.07) is 0.776. The van der Waals surface area contributed by atoms with Gasteiger partial charge in [0.05, 0.1) is 73.6 Å². The third-order valence-electron chi connectivity index (χ3n) is 18.7. The molecule has 0 saturated carbocycles. The number of rotatable bonds is 50. The Morgan fingerprint density at radius 2 is 0.386 bits per heavy atom. The summed E-state index contributed by atoms with van der Waals surface area (Å²) < 4.78 is 84.4. The molecule has 0 N–H and O–H groups in total. The maximum absolute atomic E-state index is 15.5. The van der Waals surface area contributed by atoms with Gasteiger partial charge >= 0.3 is 95.5 Å². The number of fused-ring (bicyclic) bond motifs is 2. The van der Waals surface area contributed by atoms with Crippen LogP contribution in [0.2, 0.25) is 20.1 Å². The van der Waals surface area contributed by atoms with Gasteiger partial charge < -0.3 is 75.8 Å². The molecule has 132 heavy (non-hydrogen) atoms. The molecule has 7 rings (SSSR count). The first-order valence-electron chi connectivity index (χ1n) is 39.8. The maximum atomic E-state index is 15.5. The van der Waals surface area contributed by atoms with E-state index in [1.54, 1.807) is 0 Å². The highest BCUT2D eigenvalue weighted by atomic mass is 35.5. The van der Waals surface area contributed by atoms with Gasteiger partial charge in [-0.2, -0.15) is 0 Å². The molecule has 0 atom stereocenters. The maximum Gasteiger partial charge on any atom is 0.333 e. The topological polar surface area (TPSA) is 496 Å². The van der Waals surface area contributed by atoms with E-state index in [2.05, 4.69) is 52.6 Å². The summed E-state index contributed by atoms with van der Waals surface area (Å²) in [5, 5.41) is -2.05. The number of esters is 16. The summed E-state index contributed by atoms with van der Waals surface area (Å²) in [7, 11) is 0. The van der Waals surface area contributed by atoms with Crippen molar-refractivity contribution in [1.29, 1.82) is 0 Å². The van der Waals surface area contributed by atoms with Gasteiger partial charge in [0.15, 0.2) is 24.4 Å². The van der Waals surface area contributed by atoms with Crippen molar-refractivity contribution in [2.75, 3.05) is 79.3 Å². The van der Waals surface area contributed by atoms with E-state index in [-0.39, 0.29) is 130 Å². The fraction of sp³-hybridized carbons (Fsp3) is 0.378. The van der Waals surface area contributed by atoms with E-state index in [0.29, 0.717) is 9.80 Å². The van der Waals surface area contributed by atoms with Crippen molar-refractivity contribution < 1.29 is 172 Å². The van der Waals surface area contributed by atoms with Crippen LogP contribution in [0.5, 0.6) is 0 Å². The Morgan fingerprint density at radius 3 is 0.538 bits per heavy atom. The molecule has 38 nitrogen and oxygen atoms in total. The first-order valence-corrected chi connectivity index (χ1v) is 41.3. The molecule has 0 aliphatic carbocycles. The van der Waals surface area contributed by atoms with Crippen LogP contribution in [0.1, 0.15) is 148 Å². The van der Waals surface area contributed by atoms with Crippen LogP contribution in [0.3, 0.4) is 0 Å². The second-order valence-electron chi connectivity index (χ2n) is 30.1. The van der Waals surface area contributed by atoms with Crippen LogP contribution >= 0.6 is 46.4 Å². The third kappa shape index (κ3) is 28.2. The molecule has 42 heteroatoms. The van der Waals surface area contributed by atoms with Gasteiger partial charge in [-0.25, -0.2) is 38.4 Å². The van der Waals surface area contributed by atoms with Gasteiger partial charge in [-0.05, 0) is 79.7 Å². The average Bonchev–Trinajstić information content (AvgIpc) is 0.673. The number of hydrogen-bond donors (Lipinski definition) is 0. The Hall–Kier alpha value is -13.7. The van der Waals surface area contributed by atoms with Gasteiger partial charge in [-0.3, -0.25) is 67.3 Å². The lowest BCUT2D eigenvalue weighted by molar-refractivity contribution is -0.165. The lowest BCUT2D eigenvalue weighted by Gasteiger charge is -2.35. The van der Waals surface area contributed by atoms with Gasteiger partial charge in [0.2, 0.25) is 0 Å². The standard InChI is InChI=1S/C90H90Cl4N2O36/c1-41(2)83(109)121-33-51(34-122-84(110)42(3)4)129-67(101)21-17-63(97)117-29-49(30-118-64(98)18-22-68(102)130-52(35-123-85(111)43(5)6)36-124-86(112)44(7)8)95-79(105)55-25-59(91)73-75-61(93)27-57-72-58(28-62(94)76(78(72)75)74-60(92)26-56(80(95)106)71(55)77(73)74)82(108)96(81(57)107)50(31-119-65(99)19-23-69(103)131-53(37-125-87(113)45(9)10)38-126-88(114)46(11)12)32-120-66(100)20-24-70(104)132-54(39-127-89(115)47(13)14)40-128-90(116)48(15)16/h25-28,49-54H,1,3,5,7,9,11,13,15,17-24,29-40H2,2,4,6,8,10,12,14,16H3. The highest BCUT2D eigenvalue weighted by Gasteiger charge is 2.45. The molecule has 0 spiro atoms. The summed E-state index contributed by atoms with van der Waals surface area (Å²) in [5.74, 6) is -21.2. The summed E-state index contributed by atoms with van der Waals surface area (Å²) in [6.07, 6.45) is -11.9.